The van der Waals surface area contributed by atoms with Gasteiger partial charge in [-0.2, -0.15) is 26.3 Å². The summed E-state index contributed by atoms with van der Waals surface area (Å²) in [5.74, 6) is -0.563. The number of fused-ring (bicyclic) bond motifs is 1. The maximum Gasteiger partial charge on any atom is 0.416 e. The van der Waals surface area contributed by atoms with E-state index in [1.54, 1.807) is 24.3 Å². The fourth-order valence-electron chi connectivity index (χ4n) is 4.49. The molecule has 0 radical (unpaired) electrons. The SMILES string of the molecule is C=C(O)/C=C/c1ccc(COc2ccc3c(c2)CCC(Cc2cc(C(F)(F)F)cc(C(F)(F)F)c2)C3=O)cc1. The molecule has 39 heavy (non-hydrogen) atoms. The van der Waals surface area contributed by atoms with E-state index in [2.05, 4.69) is 6.58 Å². The number of benzene rings is 3. The second kappa shape index (κ2) is 11.0. The number of rotatable bonds is 7. The van der Waals surface area contributed by atoms with E-state index < -0.39 is 29.4 Å². The summed E-state index contributed by atoms with van der Waals surface area (Å²) in [6.45, 7) is 3.65. The number of Topliss-reactive ketones (excluding diaryl/α,β-unsaturated/α-hetero) is 1. The van der Waals surface area contributed by atoms with Gasteiger partial charge in [-0.3, -0.25) is 4.79 Å². The Morgan fingerprint density at radius 2 is 1.56 bits per heavy atom. The molecule has 1 aliphatic rings. The minimum Gasteiger partial charge on any atom is -0.509 e. The highest BCUT2D eigenvalue weighted by molar-refractivity contribution is 6.00. The molecule has 0 saturated heterocycles. The number of ether oxygens (including phenoxy) is 1. The van der Waals surface area contributed by atoms with Crippen LogP contribution in [0.4, 0.5) is 26.3 Å². The average molecular weight is 547 g/mol. The number of allylic oxidation sites excluding steroid dienone is 1. The van der Waals surface area contributed by atoms with Crippen molar-refractivity contribution in [3.8, 4) is 5.75 Å². The lowest BCUT2D eigenvalue weighted by molar-refractivity contribution is -0.143. The summed E-state index contributed by atoms with van der Waals surface area (Å²) in [4.78, 5) is 13.1. The summed E-state index contributed by atoms with van der Waals surface area (Å²) in [5, 5.41) is 9.14. The summed E-state index contributed by atoms with van der Waals surface area (Å²) in [5.41, 5.74) is -0.0815. The van der Waals surface area contributed by atoms with Gasteiger partial charge in [0, 0.05) is 11.5 Å². The number of carbonyl (C=O) groups is 1. The van der Waals surface area contributed by atoms with E-state index in [0.29, 0.717) is 36.3 Å². The van der Waals surface area contributed by atoms with Crippen molar-refractivity contribution in [2.45, 2.75) is 38.2 Å². The second-order valence-electron chi connectivity index (χ2n) is 9.39. The number of hydrogen-bond acceptors (Lipinski definition) is 3. The van der Waals surface area contributed by atoms with Crippen LogP contribution in [-0.4, -0.2) is 10.9 Å². The van der Waals surface area contributed by atoms with E-state index in [1.807, 2.05) is 24.3 Å². The number of carbonyl (C=O) groups excluding carboxylic acids is 1. The van der Waals surface area contributed by atoms with Gasteiger partial charge in [0.1, 0.15) is 18.1 Å². The average Bonchev–Trinajstić information content (AvgIpc) is 2.87. The third kappa shape index (κ3) is 7.10. The standard InChI is InChI=1S/C30H24F6O3/c1-18(37)2-3-19-4-6-20(7-5-19)17-39-26-10-11-27-22(15-26)8-9-23(28(27)38)12-21-13-24(29(31,32)33)16-25(14-21)30(34,35)36/h2-7,10-11,13-16,23,37H,1,8-9,12,17H2/b3-2+. The van der Waals surface area contributed by atoms with Crippen LogP contribution in [0.3, 0.4) is 0 Å². The second-order valence-corrected chi connectivity index (χ2v) is 9.39. The number of hydrogen-bond donors (Lipinski definition) is 1. The summed E-state index contributed by atoms with van der Waals surface area (Å²) in [7, 11) is 0. The molecule has 0 amide bonds. The van der Waals surface area contributed by atoms with Gasteiger partial charge in [0.2, 0.25) is 0 Å². The Morgan fingerprint density at radius 3 is 2.15 bits per heavy atom. The molecule has 0 fully saturated rings. The maximum atomic E-state index is 13.2. The third-order valence-corrected chi connectivity index (χ3v) is 6.46. The van der Waals surface area contributed by atoms with Crippen LogP contribution in [0.2, 0.25) is 0 Å². The van der Waals surface area contributed by atoms with Gasteiger partial charge in [0.15, 0.2) is 5.78 Å². The van der Waals surface area contributed by atoms with E-state index in [0.717, 1.165) is 16.7 Å². The van der Waals surface area contributed by atoms with Crippen molar-refractivity contribution in [3.63, 3.8) is 0 Å². The maximum absolute atomic E-state index is 13.2. The van der Waals surface area contributed by atoms with E-state index in [-0.39, 0.29) is 36.2 Å². The first-order chi connectivity index (χ1) is 18.3. The van der Waals surface area contributed by atoms with E-state index in [4.69, 9.17) is 9.84 Å². The van der Waals surface area contributed by atoms with Crippen LogP contribution < -0.4 is 4.74 Å². The van der Waals surface area contributed by atoms with Crippen LogP contribution >= 0.6 is 0 Å². The summed E-state index contributed by atoms with van der Waals surface area (Å²) in [6.07, 6.45) is -6.18. The molecule has 0 heterocycles. The molecule has 3 aromatic carbocycles. The van der Waals surface area contributed by atoms with Crippen LogP contribution in [0.25, 0.3) is 6.08 Å². The molecule has 0 saturated carbocycles. The minimum absolute atomic E-state index is 0.0501. The lowest BCUT2D eigenvalue weighted by Gasteiger charge is -2.24. The zero-order valence-electron chi connectivity index (χ0n) is 20.6. The van der Waals surface area contributed by atoms with Gasteiger partial charge in [0.05, 0.1) is 11.1 Å². The predicted octanol–water partition coefficient (Wildman–Crippen LogP) is 8.38. The van der Waals surface area contributed by atoms with Crippen molar-refractivity contribution in [2.75, 3.05) is 0 Å². The van der Waals surface area contributed by atoms with Crippen LogP contribution in [0, 0.1) is 5.92 Å². The fourth-order valence-corrected chi connectivity index (χ4v) is 4.49. The summed E-state index contributed by atoms with van der Waals surface area (Å²) in [6, 6.07) is 13.8. The van der Waals surface area contributed by atoms with Gasteiger partial charge in [-0.1, -0.05) is 36.9 Å². The van der Waals surface area contributed by atoms with Crippen LogP contribution in [0.1, 0.15) is 50.2 Å². The van der Waals surface area contributed by atoms with Crippen LogP contribution in [-0.2, 0) is 31.8 Å². The Kier molecular flexibility index (Phi) is 7.90. The van der Waals surface area contributed by atoms with Gasteiger partial charge < -0.3 is 9.84 Å². The van der Waals surface area contributed by atoms with Crippen molar-refractivity contribution in [3.05, 3.63) is 118 Å². The van der Waals surface area contributed by atoms with Crippen molar-refractivity contribution < 1.29 is 41.0 Å². The molecule has 1 unspecified atom stereocenters. The first-order valence-electron chi connectivity index (χ1n) is 12.0. The highest BCUT2D eigenvalue weighted by Gasteiger charge is 2.37. The Bertz CT molecular complexity index is 1370. The number of aliphatic hydroxyl groups excluding tert-OH is 1. The van der Waals surface area contributed by atoms with Crippen molar-refractivity contribution >= 4 is 11.9 Å². The molecule has 3 aromatic rings. The molecule has 0 bridgehead atoms. The van der Waals surface area contributed by atoms with Crippen molar-refractivity contribution in [1.29, 1.82) is 0 Å². The molecule has 1 N–H and O–H groups in total. The molecule has 1 aliphatic carbocycles. The quantitative estimate of drug-likeness (QED) is 0.184. The zero-order valence-corrected chi connectivity index (χ0v) is 20.6. The Morgan fingerprint density at radius 1 is 0.923 bits per heavy atom. The largest absolute Gasteiger partial charge is 0.509 e. The molecular weight excluding hydrogens is 522 g/mol. The monoisotopic (exact) mass is 546 g/mol. The smallest absolute Gasteiger partial charge is 0.416 e. The highest BCUT2D eigenvalue weighted by Crippen LogP contribution is 2.38. The highest BCUT2D eigenvalue weighted by atomic mass is 19.4. The third-order valence-electron chi connectivity index (χ3n) is 6.46. The molecule has 0 spiro atoms. The lowest BCUT2D eigenvalue weighted by atomic mass is 9.79. The van der Waals surface area contributed by atoms with E-state index in [1.165, 1.54) is 6.08 Å². The van der Waals surface area contributed by atoms with Crippen LogP contribution in [0.15, 0.2) is 79.1 Å². The molecule has 9 heteroatoms. The number of ketones is 1. The molecule has 3 nitrogen and oxygen atoms in total. The Labute approximate surface area is 221 Å². The molecule has 0 aromatic heterocycles. The fraction of sp³-hybridized carbons (Fsp3) is 0.233. The summed E-state index contributed by atoms with van der Waals surface area (Å²) >= 11 is 0. The van der Waals surface area contributed by atoms with E-state index >= 15 is 0 Å². The van der Waals surface area contributed by atoms with Gasteiger partial charge in [-0.25, -0.2) is 0 Å². The first kappa shape index (κ1) is 28.0. The molecule has 204 valence electrons. The van der Waals surface area contributed by atoms with Gasteiger partial charge >= 0.3 is 12.4 Å². The normalized spacial score (nSPS) is 15.8. The predicted molar refractivity (Wildman–Crippen MR) is 134 cm³/mol. The van der Waals surface area contributed by atoms with Gasteiger partial charge in [0.25, 0.3) is 0 Å². The Balaban J connectivity index is 1.44. The Hall–Kier alpha value is -4.01. The van der Waals surface area contributed by atoms with E-state index in [9.17, 15) is 31.1 Å². The number of aryl methyl sites for hydroxylation is 1. The number of aliphatic hydroxyl groups is 1. The van der Waals surface area contributed by atoms with Crippen LogP contribution in [0.5, 0.6) is 5.75 Å². The lowest BCUT2D eigenvalue weighted by Crippen LogP contribution is -2.25. The van der Waals surface area contributed by atoms with Crippen molar-refractivity contribution in [2.24, 2.45) is 5.92 Å². The minimum atomic E-state index is -4.94. The molecule has 4 rings (SSSR count). The van der Waals surface area contributed by atoms with Crippen molar-refractivity contribution in [1.82, 2.24) is 0 Å². The van der Waals surface area contributed by atoms with Gasteiger partial charge in [-0.05, 0) is 84.0 Å². The number of halogens is 6. The van der Waals surface area contributed by atoms with Gasteiger partial charge in [-0.15, -0.1) is 0 Å². The topological polar surface area (TPSA) is 46.5 Å². The molecule has 0 aliphatic heterocycles. The molecular formula is C30H24F6O3. The number of alkyl halides is 6. The molecule has 1 atom stereocenters. The first-order valence-corrected chi connectivity index (χ1v) is 12.0. The zero-order chi connectivity index (χ0) is 28.4. The summed E-state index contributed by atoms with van der Waals surface area (Å²) < 4.78 is 85.1.